The van der Waals surface area contributed by atoms with Crippen LogP contribution in [0.15, 0.2) is 36.7 Å². The predicted octanol–water partition coefficient (Wildman–Crippen LogP) is 3.53. The molecule has 0 aliphatic carbocycles. The molecule has 0 spiro atoms. The van der Waals surface area contributed by atoms with Crippen LogP contribution in [-0.2, 0) is 22.6 Å². The molecule has 2 N–H and O–H groups in total. The first kappa shape index (κ1) is 19.6. The summed E-state index contributed by atoms with van der Waals surface area (Å²) >= 11 is 0. The Kier molecular flexibility index (Phi) is 5.78. The normalized spacial score (nSPS) is 11.0. The van der Waals surface area contributed by atoms with Crippen molar-refractivity contribution < 1.29 is 14.7 Å². The molecular formula is C22H25N3O3. The molecule has 0 saturated heterocycles. The largest absolute Gasteiger partial charge is 0.481 e. The number of aromatic nitrogens is 2. The van der Waals surface area contributed by atoms with Crippen LogP contribution in [0.2, 0.25) is 0 Å². The van der Waals surface area contributed by atoms with E-state index in [1.54, 1.807) is 17.3 Å². The van der Waals surface area contributed by atoms with Gasteiger partial charge in [0.05, 0.1) is 12.8 Å². The number of H-pyrrole nitrogens is 1. The average molecular weight is 379 g/mol. The Morgan fingerprint density at radius 1 is 1.14 bits per heavy atom. The number of fused-ring (bicyclic) bond motifs is 1. The molecule has 0 atom stereocenters. The monoisotopic (exact) mass is 379 g/mol. The Balaban J connectivity index is 1.89. The topological polar surface area (TPSA) is 86.3 Å². The van der Waals surface area contributed by atoms with Crippen LogP contribution in [0.1, 0.15) is 34.4 Å². The minimum Gasteiger partial charge on any atom is -0.481 e. The van der Waals surface area contributed by atoms with Gasteiger partial charge in [-0.2, -0.15) is 0 Å². The SMILES string of the molecule is Cc1[nH]c2c(C)ccc(C)c2c1CC(=O)N(CCC(=O)O)Cc1cccnc1. The molecule has 0 radical (unpaired) electrons. The number of benzene rings is 1. The lowest BCUT2D eigenvalue weighted by Gasteiger charge is -2.22. The Bertz CT molecular complexity index is 1010. The number of carboxylic acids is 1. The molecular weight excluding hydrogens is 354 g/mol. The molecule has 3 aromatic rings. The van der Waals surface area contributed by atoms with Gasteiger partial charge in [0.1, 0.15) is 0 Å². The number of carbonyl (C=O) groups excluding carboxylic acids is 1. The highest BCUT2D eigenvalue weighted by Crippen LogP contribution is 2.28. The summed E-state index contributed by atoms with van der Waals surface area (Å²) in [5.74, 6) is -1.01. The second kappa shape index (κ2) is 8.25. The Hall–Kier alpha value is -3.15. The average Bonchev–Trinajstić information content (AvgIpc) is 3.00. The van der Waals surface area contributed by atoms with E-state index < -0.39 is 5.97 Å². The van der Waals surface area contributed by atoms with Gasteiger partial charge in [-0.15, -0.1) is 0 Å². The molecule has 0 aliphatic rings. The van der Waals surface area contributed by atoms with Crippen molar-refractivity contribution in [3.8, 4) is 0 Å². The number of rotatable bonds is 7. The summed E-state index contributed by atoms with van der Waals surface area (Å²) in [5, 5.41) is 10.2. The zero-order chi connectivity index (χ0) is 20.3. The highest BCUT2D eigenvalue weighted by molar-refractivity contribution is 5.94. The first-order valence-electron chi connectivity index (χ1n) is 9.32. The Morgan fingerprint density at radius 2 is 1.89 bits per heavy atom. The van der Waals surface area contributed by atoms with E-state index in [1.807, 2.05) is 32.9 Å². The lowest BCUT2D eigenvalue weighted by molar-refractivity contribution is -0.138. The maximum absolute atomic E-state index is 13.1. The number of nitrogens with zero attached hydrogens (tertiary/aromatic N) is 2. The van der Waals surface area contributed by atoms with E-state index in [0.29, 0.717) is 6.54 Å². The van der Waals surface area contributed by atoms with Crippen molar-refractivity contribution >= 4 is 22.8 Å². The third kappa shape index (κ3) is 4.22. The van der Waals surface area contributed by atoms with Gasteiger partial charge in [-0.1, -0.05) is 18.2 Å². The van der Waals surface area contributed by atoms with Gasteiger partial charge >= 0.3 is 5.97 Å². The lowest BCUT2D eigenvalue weighted by Crippen LogP contribution is -2.34. The van der Waals surface area contributed by atoms with Gasteiger partial charge in [0.15, 0.2) is 0 Å². The second-order valence-corrected chi connectivity index (χ2v) is 7.17. The van der Waals surface area contributed by atoms with Crippen LogP contribution in [0.3, 0.4) is 0 Å². The van der Waals surface area contributed by atoms with Crippen LogP contribution in [0.5, 0.6) is 0 Å². The number of hydrogen-bond donors (Lipinski definition) is 2. The van der Waals surface area contributed by atoms with E-state index in [2.05, 4.69) is 22.1 Å². The van der Waals surface area contributed by atoms with Gasteiger partial charge in [0.25, 0.3) is 0 Å². The quantitative estimate of drug-likeness (QED) is 0.657. The van der Waals surface area contributed by atoms with Crippen LogP contribution in [-0.4, -0.2) is 38.4 Å². The number of pyridine rings is 1. The number of carboxylic acid groups (broad SMARTS) is 1. The second-order valence-electron chi connectivity index (χ2n) is 7.17. The van der Waals surface area contributed by atoms with Crippen molar-refractivity contribution in [2.75, 3.05) is 6.54 Å². The van der Waals surface area contributed by atoms with Crippen LogP contribution in [0.4, 0.5) is 0 Å². The molecule has 2 heterocycles. The van der Waals surface area contributed by atoms with Crippen LogP contribution in [0.25, 0.3) is 10.9 Å². The highest BCUT2D eigenvalue weighted by atomic mass is 16.4. The molecule has 0 saturated carbocycles. The molecule has 2 aromatic heterocycles. The standard InChI is InChI=1S/C22H25N3O3/c1-14-6-7-15(2)22-21(14)18(16(3)24-22)11-19(26)25(10-8-20(27)28)13-17-5-4-9-23-12-17/h4-7,9,12,24H,8,10-11,13H2,1-3H3,(H,27,28). The maximum Gasteiger partial charge on any atom is 0.305 e. The van der Waals surface area contributed by atoms with Gasteiger partial charge in [-0.3, -0.25) is 14.6 Å². The van der Waals surface area contributed by atoms with E-state index >= 15 is 0 Å². The molecule has 0 aliphatic heterocycles. The van der Waals surface area contributed by atoms with Crippen molar-refractivity contribution in [3.05, 3.63) is 64.6 Å². The molecule has 1 amide bonds. The fraction of sp³-hybridized carbons (Fsp3) is 0.318. The summed E-state index contributed by atoms with van der Waals surface area (Å²) < 4.78 is 0. The third-order valence-electron chi connectivity index (χ3n) is 5.06. The molecule has 0 unspecified atom stereocenters. The summed E-state index contributed by atoms with van der Waals surface area (Å²) in [6.45, 7) is 6.58. The van der Waals surface area contributed by atoms with Gasteiger partial charge in [0.2, 0.25) is 5.91 Å². The zero-order valence-corrected chi connectivity index (χ0v) is 16.5. The molecule has 3 rings (SSSR count). The summed E-state index contributed by atoms with van der Waals surface area (Å²) in [5.41, 5.74) is 6.15. The van der Waals surface area contributed by atoms with Crippen LogP contribution < -0.4 is 0 Å². The van der Waals surface area contributed by atoms with Gasteiger partial charge in [-0.05, 0) is 49.1 Å². The summed E-state index contributed by atoms with van der Waals surface area (Å²) in [6, 6.07) is 7.83. The van der Waals surface area contributed by atoms with Crippen molar-refractivity contribution in [1.82, 2.24) is 14.9 Å². The van der Waals surface area contributed by atoms with Gasteiger partial charge in [0, 0.05) is 42.1 Å². The van der Waals surface area contributed by atoms with Crippen molar-refractivity contribution in [2.45, 2.75) is 40.2 Å². The fourth-order valence-electron chi connectivity index (χ4n) is 3.53. The molecule has 1 aromatic carbocycles. The van der Waals surface area contributed by atoms with Crippen LogP contribution in [0, 0.1) is 20.8 Å². The van der Waals surface area contributed by atoms with Gasteiger partial charge in [-0.25, -0.2) is 0 Å². The zero-order valence-electron chi connectivity index (χ0n) is 16.5. The predicted molar refractivity (Wildman–Crippen MR) is 108 cm³/mol. The molecule has 6 nitrogen and oxygen atoms in total. The Morgan fingerprint density at radius 3 is 2.57 bits per heavy atom. The van der Waals surface area contributed by atoms with E-state index in [1.165, 1.54) is 0 Å². The summed E-state index contributed by atoms with van der Waals surface area (Å²) in [7, 11) is 0. The minimum absolute atomic E-state index is 0.0863. The molecule has 6 heteroatoms. The van der Waals surface area contributed by atoms with Gasteiger partial charge < -0.3 is 15.0 Å². The van der Waals surface area contributed by atoms with Crippen molar-refractivity contribution in [2.24, 2.45) is 0 Å². The highest BCUT2D eigenvalue weighted by Gasteiger charge is 2.20. The summed E-state index contributed by atoms with van der Waals surface area (Å²) in [4.78, 5) is 33.3. The number of carbonyl (C=O) groups is 2. The first-order chi connectivity index (χ1) is 13.4. The maximum atomic E-state index is 13.1. The number of amides is 1. The third-order valence-corrected chi connectivity index (χ3v) is 5.06. The first-order valence-corrected chi connectivity index (χ1v) is 9.32. The van der Waals surface area contributed by atoms with E-state index in [0.717, 1.165) is 38.9 Å². The van der Waals surface area contributed by atoms with Crippen molar-refractivity contribution in [3.63, 3.8) is 0 Å². The van der Waals surface area contributed by atoms with Crippen molar-refractivity contribution in [1.29, 1.82) is 0 Å². The minimum atomic E-state index is -0.918. The lowest BCUT2D eigenvalue weighted by atomic mass is 10.0. The number of nitrogens with one attached hydrogen (secondary N) is 1. The van der Waals surface area contributed by atoms with E-state index in [-0.39, 0.29) is 25.3 Å². The molecule has 28 heavy (non-hydrogen) atoms. The number of aliphatic carboxylic acids is 1. The van der Waals surface area contributed by atoms with E-state index in [4.69, 9.17) is 5.11 Å². The molecule has 0 fully saturated rings. The Labute approximate surface area is 164 Å². The fourth-order valence-corrected chi connectivity index (χ4v) is 3.53. The van der Waals surface area contributed by atoms with E-state index in [9.17, 15) is 9.59 Å². The number of aromatic amines is 1. The number of aryl methyl sites for hydroxylation is 3. The molecule has 0 bridgehead atoms. The summed E-state index contributed by atoms with van der Waals surface area (Å²) in [6.07, 6.45) is 3.52. The molecule has 146 valence electrons. The van der Waals surface area contributed by atoms with Crippen LogP contribution >= 0.6 is 0 Å². The smallest absolute Gasteiger partial charge is 0.305 e. The number of hydrogen-bond acceptors (Lipinski definition) is 3.